The summed E-state index contributed by atoms with van der Waals surface area (Å²) in [5.41, 5.74) is 3.71. The molecule has 0 saturated carbocycles. The molecule has 1 fully saturated rings. The number of amides is 1. The largest absolute Gasteiger partial charge is 0.311 e. The SMILES string of the molecule is O=C1CC(Cl)CN1c1ccc2ncsc2c1. The third-order valence-corrected chi connectivity index (χ3v) is 3.79. The highest BCUT2D eigenvalue weighted by molar-refractivity contribution is 7.16. The van der Waals surface area contributed by atoms with Gasteiger partial charge < -0.3 is 4.90 Å². The van der Waals surface area contributed by atoms with Crippen molar-refractivity contribution in [1.29, 1.82) is 0 Å². The lowest BCUT2D eigenvalue weighted by Gasteiger charge is -2.15. The number of benzene rings is 1. The molecule has 1 amide bonds. The van der Waals surface area contributed by atoms with E-state index >= 15 is 0 Å². The number of thiazole rings is 1. The highest BCUT2D eigenvalue weighted by Crippen LogP contribution is 2.28. The number of rotatable bonds is 1. The minimum Gasteiger partial charge on any atom is -0.311 e. The van der Waals surface area contributed by atoms with Crippen LogP contribution in [0, 0.1) is 0 Å². The maximum absolute atomic E-state index is 11.7. The first kappa shape index (κ1) is 10.1. The molecule has 16 heavy (non-hydrogen) atoms. The monoisotopic (exact) mass is 252 g/mol. The molecular weight excluding hydrogens is 244 g/mol. The van der Waals surface area contributed by atoms with E-state index in [9.17, 15) is 4.79 Å². The minimum absolute atomic E-state index is 0.0651. The second kappa shape index (κ2) is 3.71. The van der Waals surface area contributed by atoms with Crippen LogP contribution in [0.5, 0.6) is 0 Å². The normalized spacial score (nSPS) is 20.9. The summed E-state index contributed by atoms with van der Waals surface area (Å²) in [5.74, 6) is 0.101. The molecule has 3 nitrogen and oxygen atoms in total. The Morgan fingerprint density at radius 1 is 1.50 bits per heavy atom. The lowest BCUT2D eigenvalue weighted by Crippen LogP contribution is -2.24. The number of carbonyl (C=O) groups excluding carboxylic acids is 1. The van der Waals surface area contributed by atoms with Crippen LogP contribution in [0.15, 0.2) is 23.7 Å². The first-order valence-corrected chi connectivity index (χ1v) is 6.33. The van der Waals surface area contributed by atoms with Gasteiger partial charge >= 0.3 is 0 Å². The van der Waals surface area contributed by atoms with Crippen molar-refractivity contribution in [2.45, 2.75) is 11.8 Å². The van der Waals surface area contributed by atoms with E-state index in [4.69, 9.17) is 11.6 Å². The Labute approximate surface area is 102 Å². The second-order valence-electron chi connectivity index (χ2n) is 3.81. The Kier molecular flexibility index (Phi) is 2.33. The van der Waals surface area contributed by atoms with Crippen molar-refractivity contribution in [2.24, 2.45) is 0 Å². The van der Waals surface area contributed by atoms with Crippen molar-refractivity contribution in [1.82, 2.24) is 4.98 Å². The molecular formula is C11H9ClN2OS. The van der Waals surface area contributed by atoms with Crippen LogP contribution in [0.4, 0.5) is 5.69 Å². The first-order valence-electron chi connectivity index (χ1n) is 5.02. The molecule has 0 spiro atoms. The van der Waals surface area contributed by atoms with Gasteiger partial charge in [0.2, 0.25) is 5.91 Å². The number of hydrogen-bond acceptors (Lipinski definition) is 3. The van der Waals surface area contributed by atoms with E-state index in [1.807, 2.05) is 23.7 Å². The van der Waals surface area contributed by atoms with Crippen LogP contribution < -0.4 is 4.90 Å². The van der Waals surface area contributed by atoms with Crippen LogP contribution in [0.2, 0.25) is 0 Å². The third-order valence-electron chi connectivity index (χ3n) is 2.70. The van der Waals surface area contributed by atoms with E-state index in [-0.39, 0.29) is 11.3 Å². The Morgan fingerprint density at radius 2 is 2.38 bits per heavy atom. The topological polar surface area (TPSA) is 33.2 Å². The molecule has 1 aliphatic rings. The zero-order chi connectivity index (χ0) is 11.1. The maximum atomic E-state index is 11.7. The quantitative estimate of drug-likeness (QED) is 0.731. The van der Waals surface area contributed by atoms with Crippen molar-refractivity contribution in [3.63, 3.8) is 0 Å². The standard InChI is InChI=1S/C11H9ClN2OS/c12-7-3-11(15)14(5-7)8-1-2-9-10(4-8)16-6-13-9/h1-2,4,6-7H,3,5H2. The van der Waals surface area contributed by atoms with Gasteiger partial charge in [-0.25, -0.2) is 4.98 Å². The number of fused-ring (bicyclic) bond motifs is 1. The average molecular weight is 253 g/mol. The molecule has 2 aromatic rings. The summed E-state index contributed by atoms with van der Waals surface area (Å²) >= 11 is 7.56. The number of hydrogen-bond donors (Lipinski definition) is 0. The lowest BCUT2D eigenvalue weighted by molar-refractivity contribution is -0.117. The summed E-state index contributed by atoms with van der Waals surface area (Å²) < 4.78 is 1.10. The predicted octanol–water partition coefficient (Wildman–Crippen LogP) is 2.64. The van der Waals surface area contributed by atoms with E-state index in [1.165, 1.54) is 0 Å². The number of anilines is 1. The molecule has 5 heteroatoms. The van der Waals surface area contributed by atoms with E-state index in [0.29, 0.717) is 13.0 Å². The predicted molar refractivity (Wildman–Crippen MR) is 66.2 cm³/mol. The molecule has 1 unspecified atom stereocenters. The fourth-order valence-electron chi connectivity index (χ4n) is 1.93. The molecule has 0 aliphatic carbocycles. The maximum Gasteiger partial charge on any atom is 0.228 e. The number of aromatic nitrogens is 1. The van der Waals surface area contributed by atoms with Gasteiger partial charge in [0, 0.05) is 18.7 Å². The highest BCUT2D eigenvalue weighted by Gasteiger charge is 2.29. The summed E-state index contributed by atoms with van der Waals surface area (Å²) in [5, 5.41) is -0.0651. The number of alkyl halides is 1. The molecule has 1 aliphatic heterocycles. The second-order valence-corrected chi connectivity index (χ2v) is 5.31. The number of carbonyl (C=O) groups is 1. The van der Waals surface area contributed by atoms with E-state index in [1.54, 1.807) is 16.2 Å². The van der Waals surface area contributed by atoms with Crippen molar-refractivity contribution in [3.8, 4) is 0 Å². The highest BCUT2D eigenvalue weighted by atomic mass is 35.5. The van der Waals surface area contributed by atoms with Crippen molar-refractivity contribution < 1.29 is 4.79 Å². The summed E-state index contributed by atoms with van der Waals surface area (Å²) in [6.45, 7) is 0.602. The van der Waals surface area contributed by atoms with Gasteiger partial charge in [0.15, 0.2) is 0 Å². The van der Waals surface area contributed by atoms with Gasteiger partial charge in [0.25, 0.3) is 0 Å². The molecule has 0 radical (unpaired) electrons. The summed E-state index contributed by atoms with van der Waals surface area (Å²) in [6.07, 6.45) is 0.433. The van der Waals surface area contributed by atoms with Crippen LogP contribution in [0.1, 0.15) is 6.42 Å². The molecule has 82 valence electrons. The Balaban J connectivity index is 2.02. The summed E-state index contributed by atoms with van der Waals surface area (Å²) in [6, 6.07) is 5.87. The lowest BCUT2D eigenvalue weighted by atomic mass is 10.3. The molecule has 1 aromatic heterocycles. The van der Waals surface area contributed by atoms with Gasteiger partial charge in [-0.05, 0) is 18.2 Å². The molecule has 0 bridgehead atoms. The Hall–Kier alpha value is -1.13. The zero-order valence-electron chi connectivity index (χ0n) is 8.39. The fraction of sp³-hybridized carbons (Fsp3) is 0.273. The minimum atomic E-state index is -0.0651. The van der Waals surface area contributed by atoms with Crippen LogP contribution in [0.3, 0.4) is 0 Å². The zero-order valence-corrected chi connectivity index (χ0v) is 9.96. The number of nitrogens with zero attached hydrogens (tertiary/aromatic N) is 2. The van der Waals surface area contributed by atoms with E-state index in [2.05, 4.69) is 4.98 Å². The van der Waals surface area contributed by atoms with Gasteiger partial charge in [-0.2, -0.15) is 0 Å². The van der Waals surface area contributed by atoms with Crippen LogP contribution in [0.25, 0.3) is 10.2 Å². The van der Waals surface area contributed by atoms with Crippen LogP contribution in [-0.4, -0.2) is 22.8 Å². The molecule has 1 saturated heterocycles. The van der Waals surface area contributed by atoms with Crippen LogP contribution >= 0.6 is 22.9 Å². The summed E-state index contributed by atoms with van der Waals surface area (Å²) in [4.78, 5) is 17.6. The van der Waals surface area contributed by atoms with Gasteiger partial charge in [0.1, 0.15) is 0 Å². The van der Waals surface area contributed by atoms with Crippen molar-refractivity contribution in [2.75, 3.05) is 11.4 Å². The smallest absolute Gasteiger partial charge is 0.228 e. The van der Waals surface area contributed by atoms with Gasteiger partial charge in [-0.15, -0.1) is 22.9 Å². The Bertz CT molecular complexity index is 554. The fourth-order valence-corrected chi connectivity index (χ4v) is 2.91. The summed E-state index contributed by atoms with van der Waals surface area (Å²) in [7, 11) is 0. The molecule has 1 aromatic carbocycles. The van der Waals surface area contributed by atoms with Gasteiger partial charge in [-0.1, -0.05) is 0 Å². The first-order chi connectivity index (χ1) is 7.74. The van der Waals surface area contributed by atoms with E-state index in [0.717, 1.165) is 15.9 Å². The molecule has 3 rings (SSSR count). The molecule has 0 N–H and O–H groups in total. The molecule has 1 atom stereocenters. The average Bonchev–Trinajstić information content (AvgIpc) is 2.83. The Morgan fingerprint density at radius 3 is 3.12 bits per heavy atom. The third kappa shape index (κ3) is 1.58. The van der Waals surface area contributed by atoms with Crippen molar-refractivity contribution in [3.05, 3.63) is 23.7 Å². The van der Waals surface area contributed by atoms with E-state index < -0.39 is 0 Å². The van der Waals surface area contributed by atoms with Gasteiger partial charge in [-0.3, -0.25) is 4.79 Å². The van der Waals surface area contributed by atoms with Gasteiger partial charge in [0.05, 0.1) is 21.1 Å². The van der Waals surface area contributed by atoms with Crippen LogP contribution in [-0.2, 0) is 4.79 Å². The number of halogens is 1. The molecule has 2 heterocycles. The van der Waals surface area contributed by atoms with Crippen molar-refractivity contribution >= 4 is 44.7 Å².